The Hall–Kier alpha value is 0.590. The van der Waals surface area contributed by atoms with E-state index >= 15 is 0 Å². The molecule has 0 amide bonds. The zero-order chi connectivity index (χ0) is 14.0. The summed E-state index contributed by atoms with van der Waals surface area (Å²) in [4.78, 5) is 1.73. The third-order valence-electron chi connectivity index (χ3n) is 2.11. The van der Waals surface area contributed by atoms with Crippen molar-refractivity contribution < 1.29 is 0 Å². The molecule has 100 valence electrons. The van der Waals surface area contributed by atoms with Crippen LogP contribution in [0.15, 0.2) is 40.1 Å². The van der Waals surface area contributed by atoms with E-state index in [1.807, 2.05) is 12.1 Å². The molecule has 0 nitrogen and oxygen atoms in total. The predicted octanol–water partition coefficient (Wildman–Crippen LogP) is 7.75. The van der Waals surface area contributed by atoms with Gasteiger partial charge in [-0.1, -0.05) is 79.6 Å². The molecule has 0 heterocycles. The van der Waals surface area contributed by atoms with Crippen LogP contribution in [0.1, 0.15) is 0 Å². The Morgan fingerprint density at radius 2 is 1.26 bits per heavy atom. The lowest BCUT2D eigenvalue weighted by molar-refractivity contribution is 1.46. The molecule has 0 aliphatic heterocycles. The summed E-state index contributed by atoms with van der Waals surface area (Å²) >= 11 is 29.9. The van der Waals surface area contributed by atoms with Crippen LogP contribution in [-0.4, -0.2) is 0 Å². The lowest BCUT2D eigenvalue weighted by Gasteiger charge is -2.07. The molecule has 0 spiro atoms. The van der Waals surface area contributed by atoms with E-state index in [-0.39, 0.29) is 0 Å². The second-order valence-corrected chi connectivity index (χ2v) is 7.63. The van der Waals surface area contributed by atoms with Crippen LogP contribution in [0.4, 0.5) is 0 Å². The van der Waals surface area contributed by atoms with Crippen molar-refractivity contribution in [2.24, 2.45) is 0 Å². The van der Waals surface area contributed by atoms with Crippen molar-refractivity contribution in [1.29, 1.82) is 0 Å². The summed E-state index contributed by atoms with van der Waals surface area (Å²) in [5.41, 5.74) is 0. The Kier molecular flexibility index (Phi) is 5.91. The average molecular weight is 391 g/mol. The van der Waals surface area contributed by atoms with E-state index in [4.69, 9.17) is 58.0 Å². The number of hydrogen-bond donors (Lipinski definition) is 0. The van der Waals surface area contributed by atoms with Gasteiger partial charge in [-0.15, -0.1) is 0 Å². The topological polar surface area (TPSA) is 0 Å². The molecule has 0 N–H and O–H groups in total. The molecule has 0 saturated heterocycles. The second-order valence-electron chi connectivity index (χ2n) is 3.41. The lowest BCUT2D eigenvalue weighted by Crippen LogP contribution is -1.77. The van der Waals surface area contributed by atoms with E-state index in [1.165, 1.54) is 21.6 Å². The van der Waals surface area contributed by atoms with E-state index < -0.39 is 0 Å². The maximum Gasteiger partial charge on any atom is 0.0790 e. The minimum atomic E-state index is 0.358. The smallest absolute Gasteiger partial charge is 0.0790 e. The molecular formula is C12H5Cl5S2. The quantitative estimate of drug-likeness (QED) is 0.388. The highest BCUT2D eigenvalue weighted by Crippen LogP contribution is 2.46. The molecule has 0 aromatic heterocycles. The van der Waals surface area contributed by atoms with E-state index in [2.05, 4.69) is 0 Å². The Balaban J connectivity index is 2.17. The van der Waals surface area contributed by atoms with Gasteiger partial charge in [0.25, 0.3) is 0 Å². The Morgan fingerprint density at radius 1 is 0.632 bits per heavy atom. The van der Waals surface area contributed by atoms with Crippen LogP contribution in [0, 0.1) is 0 Å². The first-order valence-corrected chi connectivity index (χ1v) is 8.96. The molecule has 0 saturated carbocycles. The molecule has 0 atom stereocenters. The Morgan fingerprint density at radius 3 is 1.95 bits per heavy atom. The number of benzene rings is 2. The largest absolute Gasteiger partial charge is 0.0843 e. The molecule has 19 heavy (non-hydrogen) atoms. The number of rotatable bonds is 3. The van der Waals surface area contributed by atoms with Crippen LogP contribution in [0.5, 0.6) is 0 Å². The van der Waals surface area contributed by atoms with Crippen LogP contribution in [0.25, 0.3) is 0 Å². The highest BCUT2D eigenvalue weighted by atomic mass is 35.5. The minimum absolute atomic E-state index is 0.358. The van der Waals surface area contributed by atoms with Crippen LogP contribution < -0.4 is 0 Å². The monoisotopic (exact) mass is 388 g/mol. The Bertz CT molecular complexity index is 615. The SMILES string of the molecule is Clc1ccc(SSc2ccc(Cl)c(Cl)c2Cl)c(Cl)c1. The first-order valence-electron chi connectivity index (χ1n) is 4.92. The van der Waals surface area contributed by atoms with Crippen molar-refractivity contribution in [1.82, 2.24) is 0 Å². The molecule has 0 radical (unpaired) electrons. The van der Waals surface area contributed by atoms with Crippen molar-refractivity contribution in [3.05, 3.63) is 55.4 Å². The first kappa shape index (κ1) is 16.0. The zero-order valence-electron chi connectivity index (χ0n) is 9.09. The molecule has 7 heteroatoms. The standard InChI is InChI=1S/C12H5Cl5S2/c13-6-1-3-9(8(15)5-6)18-19-10-4-2-7(14)11(16)12(10)17/h1-5H. The maximum atomic E-state index is 6.13. The summed E-state index contributed by atoms with van der Waals surface area (Å²) in [6, 6.07) is 8.86. The zero-order valence-corrected chi connectivity index (χ0v) is 14.5. The molecule has 0 aliphatic carbocycles. The van der Waals surface area contributed by atoms with Crippen LogP contribution in [0.3, 0.4) is 0 Å². The average Bonchev–Trinajstić information content (AvgIpc) is 2.37. The van der Waals surface area contributed by atoms with Gasteiger partial charge >= 0.3 is 0 Å². The van der Waals surface area contributed by atoms with E-state index in [0.29, 0.717) is 25.1 Å². The summed E-state index contributed by atoms with van der Waals surface area (Å²) in [6.07, 6.45) is 0. The van der Waals surface area contributed by atoms with E-state index in [1.54, 1.807) is 18.2 Å². The van der Waals surface area contributed by atoms with Crippen molar-refractivity contribution in [3.8, 4) is 0 Å². The van der Waals surface area contributed by atoms with Gasteiger partial charge in [0, 0.05) is 14.8 Å². The fourth-order valence-corrected chi connectivity index (χ4v) is 4.84. The fourth-order valence-electron chi connectivity index (χ4n) is 1.21. The predicted molar refractivity (Wildman–Crippen MR) is 89.6 cm³/mol. The summed E-state index contributed by atoms with van der Waals surface area (Å²) in [5, 5.41) is 2.44. The van der Waals surface area contributed by atoms with Gasteiger partial charge in [0.2, 0.25) is 0 Å². The number of halogens is 5. The van der Waals surface area contributed by atoms with Gasteiger partial charge in [-0.05, 0) is 30.3 Å². The highest BCUT2D eigenvalue weighted by molar-refractivity contribution is 8.76. The summed E-state index contributed by atoms with van der Waals surface area (Å²) in [6.45, 7) is 0. The van der Waals surface area contributed by atoms with Crippen molar-refractivity contribution in [2.45, 2.75) is 9.79 Å². The Labute approximate surface area is 144 Å². The molecular weight excluding hydrogens is 386 g/mol. The summed E-state index contributed by atoms with van der Waals surface area (Å²) in [5.74, 6) is 0. The molecule has 0 bridgehead atoms. The lowest BCUT2D eigenvalue weighted by atomic mass is 10.4. The van der Waals surface area contributed by atoms with Crippen LogP contribution in [0.2, 0.25) is 25.1 Å². The second kappa shape index (κ2) is 7.04. The summed E-state index contributed by atoms with van der Waals surface area (Å²) < 4.78 is 0. The minimum Gasteiger partial charge on any atom is -0.0843 e. The third kappa shape index (κ3) is 4.04. The molecule has 0 aliphatic rings. The van der Waals surface area contributed by atoms with Crippen LogP contribution in [-0.2, 0) is 0 Å². The molecule has 2 rings (SSSR count). The first-order chi connectivity index (χ1) is 8.99. The maximum absolute atomic E-state index is 6.13. The van der Waals surface area contributed by atoms with E-state index in [9.17, 15) is 0 Å². The molecule has 2 aromatic carbocycles. The van der Waals surface area contributed by atoms with Gasteiger partial charge in [-0.2, -0.15) is 0 Å². The normalized spacial score (nSPS) is 10.8. The molecule has 0 fully saturated rings. The third-order valence-corrected chi connectivity index (χ3v) is 6.65. The summed E-state index contributed by atoms with van der Waals surface area (Å²) in [7, 11) is 2.93. The van der Waals surface area contributed by atoms with Crippen molar-refractivity contribution in [2.75, 3.05) is 0 Å². The van der Waals surface area contributed by atoms with Crippen molar-refractivity contribution >= 4 is 79.6 Å². The molecule has 0 unspecified atom stereocenters. The van der Waals surface area contributed by atoms with Gasteiger partial charge < -0.3 is 0 Å². The van der Waals surface area contributed by atoms with Crippen molar-refractivity contribution in [3.63, 3.8) is 0 Å². The van der Waals surface area contributed by atoms with Gasteiger partial charge in [-0.3, -0.25) is 0 Å². The number of hydrogen-bond acceptors (Lipinski definition) is 2. The van der Waals surface area contributed by atoms with Gasteiger partial charge in [0.1, 0.15) is 0 Å². The van der Waals surface area contributed by atoms with E-state index in [0.717, 1.165) is 9.79 Å². The molecule has 2 aromatic rings. The van der Waals surface area contributed by atoms with Gasteiger partial charge in [0.05, 0.1) is 20.1 Å². The highest BCUT2D eigenvalue weighted by Gasteiger charge is 2.11. The van der Waals surface area contributed by atoms with Crippen LogP contribution >= 0.6 is 79.6 Å². The van der Waals surface area contributed by atoms with Gasteiger partial charge in [-0.25, -0.2) is 0 Å². The van der Waals surface area contributed by atoms with Gasteiger partial charge in [0.15, 0.2) is 0 Å². The fraction of sp³-hybridized carbons (Fsp3) is 0.